The summed E-state index contributed by atoms with van der Waals surface area (Å²) in [6.45, 7) is 2.23. The van der Waals surface area contributed by atoms with Gasteiger partial charge in [0.05, 0.1) is 10.2 Å². The third kappa shape index (κ3) is 2.03. The molecule has 0 saturated carbocycles. The fourth-order valence-electron chi connectivity index (χ4n) is 2.07. The van der Waals surface area contributed by atoms with E-state index in [0.29, 0.717) is 6.04 Å². The maximum absolute atomic E-state index is 4.59. The molecular formula is C12H15N3S. The molecule has 3 nitrogen and oxygen atoms in total. The maximum atomic E-state index is 4.59. The standard InChI is InChI=1S/C12H15N3S/c1-2-4-11-10(3-1)15-12(16-11)14-9-5-7-13-8-6-9/h1-4,9,13H,5-8H2,(H,14,15). The number of nitrogens with zero attached hydrogens (tertiary/aromatic N) is 1. The minimum atomic E-state index is 0.585. The van der Waals surface area contributed by atoms with E-state index < -0.39 is 0 Å². The fourth-order valence-corrected chi connectivity index (χ4v) is 3.02. The summed E-state index contributed by atoms with van der Waals surface area (Å²) in [5.74, 6) is 0. The molecule has 0 aliphatic carbocycles. The largest absolute Gasteiger partial charge is 0.359 e. The van der Waals surface area contributed by atoms with Crippen molar-refractivity contribution in [1.29, 1.82) is 0 Å². The summed E-state index contributed by atoms with van der Waals surface area (Å²) < 4.78 is 1.26. The predicted octanol–water partition coefficient (Wildman–Crippen LogP) is 2.46. The van der Waals surface area contributed by atoms with Crippen LogP contribution in [0.15, 0.2) is 24.3 Å². The number of para-hydroxylation sites is 1. The molecule has 0 amide bonds. The third-order valence-electron chi connectivity index (χ3n) is 2.96. The molecule has 16 heavy (non-hydrogen) atoms. The Bertz CT molecular complexity index is 441. The van der Waals surface area contributed by atoms with E-state index in [-0.39, 0.29) is 0 Å². The monoisotopic (exact) mass is 233 g/mol. The summed E-state index contributed by atoms with van der Waals surface area (Å²) in [5.41, 5.74) is 1.10. The summed E-state index contributed by atoms with van der Waals surface area (Å²) >= 11 is 1.75. The first-order valence-corrected chi connectivity index (χ1v) is 6.56. The SMILES string of the molecule is c1ccc2sc(NC3CCNCC3)nc2c1. The zero-order chi connectivity index (χ0) is 10.8. The van der Waals surface area contributed by atoms with E-state index in [1.165, 1.54) is 17.5 Å². The minimum Gasteiger partial charge on any atom is -0.359 e. The van der Waals surface area contributed by atoms with Gasteiger partial charge >= 0.3 is 0 Å². The third-order valence-corrected chi connectivity index (χ3v) is 3.93. The van der Waals surface area contributed by atoms with Crippen LogP contribution in [0.2, 0.25) is 0 Å². The second-order valence-corrected chi connectivity index (χ2v) is 5.19. The highest BCUT2D eigenvalue weighted by molar-refractivity contribution is 7.22. The average molecular weight is 233 g/mol. The van der Waals surface area contributed by atoms with Crippen molar-refractivity contribution in [3.8, 4) is 0 Å². The lowest BCUT2D eigenvalue weighted by molar-refractivity contribution is 0.479. The van der Waals surface area contributed by atoms with Crippen LogP contribution in [0.1, 0.15) is 12.8 Å². The Balaban J connectivity index is 1.78. The summed E-state index contributed by atoms with van der Waals surface area (Å²) in [7, 11) is 0. The average Bonchev–Trinajstić information content (AvgIpc) is 2.72. The lowest BCUT2D eigenvalue weighted by Crippen LogP contribution is -2.35. The van der Waals surface area contributed by atoms with Crippen molar-refractivity contribution in [1.82, 2.24) is 10.3 Å². The van der Waals surface area contributed by atoms with Crippen LogP contribution in [0.4, 0.5) is 5.13 Å². The smallest absolute Gasteiger partial charge is 0.184 e. The number of thiazole rings is 1. The molecule has 0 unspecified atom stereocenters. The zero-order valence-electron chi connectivity index (χ0n) is 9.07. The first kappa shape index (κ1) is 10.1. The van der Waals surface area contributed by atoms with Gasteiger partial charge in [-0.3, -0.25) is 0 Å². The van der Waals surface area contributed by atoms with Gasteiger partial charge < -0.3 is 10.6 Å². The molecule has 1 aromatic heterocycles. The molecule has 0 radical (unpaired) electrons. The molecule has 2 N–H and O–H groups in total. The number of fused-ring (bicyclic) bond motifs is 1. The van der Waals surface area contributed by atoms with Crippen LogP contribution in [0.5, 0.6) is 0 Å². The molecule has 1 saturated heterocycles. The Hall–Kier alpha value is -1.13. The highest BCUT2D eigenvalue weighted by Gasteiger charge is 2.14. The minimum absolute atomic E-state index is 0.585. The lowest BCUT2D eigenvalue weighted by atomic mass is 10.1. The Morgan fingerprint density at radius 3 is 2.88 bits per heavy atom. The van der Waals surface area contributed by atoms with E-state index in [1.807, 2.05) is 6.07 Å². The van der Waals surface area contributed by atoms with E-state index in [9.17, 15) is 0 Å². The second kappa shape index (κ2) is 4.39. The number of benzene rings is 1. The molecule has 1 aliphatic rings. The van der Waals surface area contributed by atoms with Gasteiger partial charge in [-0.25, -0.2) is 4.98 Å². The molecule has 2 aromatic rings. The van der Waals surface area contributed by atoms with E-state index >= 15 is 0 Å². The number of piperidine rings is 1. The Kier molecular flexibility index (Phi) is 2.76. The Labute approximate surface area is 98.9 Å². The van der Waals surface area contributed by atoms with Crippen molar-refractivity contribution in [3.05, 3.63) is 24.3 Å². The van der Waals surface area contributed by atoms with E-state index in [1.54, 1.807) is 11.3 Å². The number of hydrogen-bond donors (Lipinski definition) is 2. The van der Waals surface area contributed by atoms with Gasteiger partial charge in [0.2, 0.25) is 0 Å². The van der Waals surface area contributed by atoms with E-state index in [4.69, 9.17) is 0 Å². The van der Waals surface area contributed by atoms with Crippen molar-refractivity contribution in [3.63, 3.8) is 0 Å². The molecule has 0 spiro atoms. The topological polar surface area (TPSA) is 37.0 Å². The van der Waals surface area contributed by atoms with Gasteiger partial charge in [0.25, 0.3) is 0 Å². The van der Waals surface area contributed by atoms with Crippen molar-refractivity contribution >= 4 is 26.7 Å². The fraction of sp³-hybridized carbons (Fsp3) is 0.417. The molecule has 84 valence electrons. The molecule has 1 aromatic carbocycles. The first-order chi connectivity index (χ1) is 7.92. The highest BCUT2D eigenvalue weighted by Crippen LogP contribution is 2.26. The van der Waals surface area contributed by atoms with E-state index in [0.717, 1.165) is 23.7 Å². The van der Waals surface area contributed by atoms with Crippen LogP contribution in [0.3, 0.4) is 0 Å². The first-order valence-electron chi connectivity index (χ1n) is 5.75. The van der Waals surface area contributed by atoms with Gasteiger partial charge in [0, 0.05) is 6.04 Å². The number of anilines is 1. The van der Waals surface area contributed by atoms with Crippen molar-refractivity contribution in [2.24, 2.45) is 0 Å². The summed E-state index contributed by atoms with van der Waals surface area (Å²) in [6.07, 6.45) is 2.38. The van der Waals surface area contributed by atoms with Gasteiger partial charge in [-0.1, -0.05) is 23.5 Å². The molecular weight excluding hydrogens is 218 g/mol. The van der Waals surface area contributed by atoms with Crippen LogP contribution >= 0.6 is 11.3 Å². The van der Waals surface area contributed by atoms with Crippen LogP contribution in [-0.2, 0) is 0 Å². The molecule has 2 heterocycles. The Morgan fingerprint density at radius 1 is 1.25 bits per heavy atom. The van der Waals surface area contributed by atoms with Gasteiger partial charge in [0.1, 0.15) is 0 Å². The number of nitrogens with one attached hydrogen (secondary N) is 2. The molecule has 0 atom stereocenters. The maximum Gasteiger partial charge on any atom is 0.184 e. The molecule has 1 aliphatic heterocycles. The van der Waals surface area contributed by atoms with Gasteiger partial charge in [-0.05, 0) is 38.1 Å². The number of rotatable bonds is 2. The molecule has 0 bridgehead atoms. The summed E-state index contributed by atoms with van der Waals surface area (Å²) in [4.78, 5) is 4.59. The molecule has 1 fully saturated rings. The molecule has 4 heteroatoms. The van der Waals surface area contributed by atoms with Gasteiger partial charge in [-0.15, -0.1) is 0 Å². The zero-order valence-corrected chi connectivity index (χ0v) is 9.89. The summed E-state index contributed by atoms with van der Waals surface area (Å²) in [5, 5.41) is 7.97. The Morgan fingerprint density at radius 2 is 2.06 bits per heavy atom. The second-order valence-electron chi connectivity index (χ2n) is 4.16. The van der Waals surface area contributed by atoms with Crippen LogP contribution in [-0.4, -0.2) is 24.1 Å². The summed E-state index contributed by atoms with van der Waals surface area (Å²) in [6, 6.07) is 8.88. The quantitative estimate of drug-likeness (QED) is 0.836. The predicted molar refractivity (Wildman–Crippen MR) is 69.1 cm³/mol. The van der Waals surface area contributed by atoms with Gasteiger partial charge in [-0.2, -0.15) is 0 Å². The lowest BCUT2D eigenvalue weighted by Gasteiger charge is -2.23. The highest BCUT2D eigenvalue weighted by atomic mass is 32.1. The van der Waals surface area contributed by atoms with E-state index in [2.05, 4.69) is 33.8 Å². The van der Waals surface area contributed by atoms with Gasteiger partial charge in [0.15, 0.2) is 5.13 Å². The van der Waals surface area contributed by atoms with Crippen molar-refractivity contribution < 1.29 is 0 Å². The molecule has 3 rings (SSSR count). The van der Waals surface area contributed by atoms with Crippen molar-refractivity contribution in [2.75, 3.05) is 18.4 Å². The van der Waals surface area contributed by atoms with Crippen LogP contribution in [0.25, 0.3) is 10.2 Å². The number of hydrogen-bond acceptors (Lipinski definition) is 4. The van der Waals surface area contributed by atoms with Crippen LogP contribution in [0, 0.1) is 0 Å². The van der Waals surface area contributed by atoms with Crippen molar-refractivity contribution in [2.45, 2.75) is 18.9 Å². The number of aromatic nitrogens is 1. The normalized spacial score (nSPS) is 17.8. The van der Waals surface area contributed by atoms with Crippen LogP contribution < -0.4 is 10.6 Å².